The topological polar surface area (TPSA) is 9.23 Å². The molecule has 2 heteroatoms. The highest BCUT2D eigenvalue weighted by atomic mass is 16.5. The smallest absolute Gasteiger partial charge is 0.121 e. The van der Waals surface area contributed by atoms with Crippen LogP contribution in [0.15, 0.2) is 0 Å². The van der Waals surface area contributed by atoms with E-state index in [0.717, 1.165) is 11.6 Å². The van der Waals surface area contributed by atoms with Crippen LogP contribution in [0.1, 0.15) is 32.1 Å². The molecular formula is C9H16BO. The Morgan fingerprint density at radius 2 is 2.09 bits per heavy atom. The van der Waals surface area contributed by atoms with E-state index in [1.165, 1.54) is 32.1 Å². The van der Waals surface area contributed by atoms with Crippen LogP contribution in [0.25, 0.3) is 0 Å². The molecule has 0 aliphatic carbocycles. The summed E-state index contributed by atoms with van der Waals surface area (Å²) in [5.74, 6) is 1.72. The fourth-order valence-electron chi connectivity index (χ4n) is 2.59. The minimum absolute atomic E-state index is 0.548. The molecular weight excluding hydrogens is 135 g/mol. The van der Waals surface area contributed by atoms with Crippen LogP contribution in [0.2, 0.25) is 11.6 Å². The molecule has 0 spiro atoms. The van der Waals surface area contributed by atoms with Gasteiger partial charge < -0.3 is 4.74 Å². The Bertz CT molecular complexity index is 138. The summed E-state index contributed by atoms with van der Waals surface area (Å²) in [6, 6.07) is 0. The standard InChI is InChI=1S/C9H16BO/c1-11-9-6-5-7-3-2-4-8(9)10-7/h7-9H,2-6H2,1H3. The summed E-state index contributed by atoms with van der Waals surface area (Å²) in [5.41, 5.74) is 0. The molecule has 2 aliphatic heterocycles. The molecule has 11 heavy (non-hydrogen) atoms. The molecule has 2 fully saturated rings. The van der Waals surface area contributed by atoms with Crippen LogP contribution in [0, 0.1) is 0 Å². The summed E-state index contributed by atoms with van der Waals surface area (Å²) >= 11 is 0. The number of ether oxygens (including phenoxy) is 1. The van der Waals surface area contributed by atoms with Gasteiger partial charge in [-0.2, -0.15) is 0 Å². The van der Waals surface area contributed by atoms with Gasteiger partial charge in [-0.05, 0) is 12.2 Å². The molecule has 2 saturated heterocycles. The highest BCUT2D eigenvalue weighted by Gasteiger charge is 2.33. The number of fused-ring (bicyclic) bond motifs is 2. The lowest BCUT2D eigenvalue weighted by atomic mass is 9.43. The summed E-state index contributed by atoms with van der Waals surface area (Å²) in [5, 5.41) is 0. The molecule has 2 rings (SSSR count). The quantitative estimate of drug-likeness (QED) is 0.522. The van der Waals surface area contributed by atoms with Crippen molar-refractivity contribution < 1.29 is 4.74 Å². The van der Waals surface area contributed by atoms with Gasteiger partial charge in [-0.25, -0.2) is 0 Å². The van der Waals surface area contributed by atoms with Gasteiger partial charge >= 0.3 is 0 Å². The maximum Gasteiger partial charge on any atom is 0.121 e. The SMILES string of the molecule is COC1CCC2[B]C1CCC2. The highest BCUT2D eigenvalue weighted by Crippen LogP contribution is 2.42. The first-order valence-corrected chi connectivity index (χ1v) is 4.78. The van der Waals surface area contributed by atoms with Crippen LogP contribution < -0.4 is 0 Å². The number of rotatable bonds is 1. The minimum Gasteiger partial charge on any atom is -0.382 e. The second-order valence-electron chi connectivity index (χ2n) is 3.90. The van der Waals surface area contributed by atoms with Gasteiger partial charge in [0.05, 0.1) is 6.10 Å². The Balaban J connectivity index is 1.97. The van der Waals surface area contributed by atoms with E-state index in [1.807, 2.05) is 7.11 Å². The highest BCUT2D eigenvalue weighted by molar-refractivity contribution is 6.40. The summed E-state index contributed by atoms with van der Waals surface area (Å²) in [7, 11) is 4.40. The Labute approximate surface area is 69.7 Å². The maximum absolute atomic E-state index is 5.45. The van der Waals surface area contributed by atoms with Crippen LogP contribution in [-0.2, 0) is 4.74 Å². The fourth-order valence-corrected chi connectivity index (χ4v) is 2.59. The lowest BCUT2D eigenvalue weighted by Crippen LogP contribution is -2.33. The molecule has 2 aliphatic rings. The monoisotopic (exact) mass is 151 g/mol. The molecule has 0 N–H and O–H groups in total. The van der Waals surface area contributed by atoms with E-state index in [-0.39, 0.29) is 0 Å². The van der Waals surface area contributed by atoms with Crippen LogP contribution >= 0.6 is 0 Å². The molecule has 1 nitrogen and oxygen atoms in total. The summed E-state index contributed by atoms with van der Waals surface area (Å²) in [4.78, 5) is 0. The van der Waals surface area contributed by atoms with E-state index >= 15 is 0 Å². The Morgan fingerprint density at radius 1 is 1.18 bits per heavy atom. The molecule has 2 bridgehead atoms. The van der Waals surface area contributed by atoms with Crippen LogP contribution in [0.4, 0.5) is 0 Å². The van der Waals surface area contributed by atoms with Crippen LogP contribution in [-0.4, -0.2) is 20.5 Å². The van der Waals surface area contributed by atoms with E-state index in [1.54, 1.807) is 0 Å². The van der Waals surface area contributed by atoms with Crippen molar-refractivity contribution in [3.8, 4) is 0 Å². The third kappa shape index (κ3) is 1.46. The second kappa shape index (κ2) is 3.18. The van der Waals surface area contributed by atoms with Gasteiger partial charge in [0.25, 0.3) is 0 Å². The zero-order chi connectivity index (χ0) is 7.68. The van der Waals surface area contributed by atoms with Crippen molar-refractivity contribution in [2.24, 2.45) is 0 Å². The second-order valence-corrected chi connectivity index (χ2v) is 3.90. The largest absolute Gasteiger partial charge is 0.382 e. The van der Waals surface area contributed by atoms with Crippen LogP contribution in [0.3, 0.4) is 0 Å². The van der Waals surface area contributed by atoms with Gasteiger partial charge in [-0.3, -0.25) is 0 Å². The third-order valence-corrected chi connectivity index (χ3v) is 3.23. The molecule has 3 unspecified atom stereocenters. The zero-order valence-electron chi connectivity index (χ0n) is 7.25. The number of hydrogen-bond donors (Lipinski definition) is 0. The van der Waals surface area contributed by atoms with Crippen molar-refractivity contribution in [2.45, 2.75) is 49.8 Å². The summed E-state index contributed by atoms with van der Waals surface area (Å²) in [6.45, 7) is 0. The summed E-state index contributed by atoms with van der Waals surface area (Å²) < 4.78 is 5.45. The average molecular weight is 151 g/mol. The van der Waals surface area contributed by atoms with Gasteiger partial charge in [0, 0.05) is 7.11 Å². The predicted octanol–water partition coefficient (Wildman–Crippen LogP) is 2.26. The predicted molar refractivity (Wildman–Crippen MR) is 47.1 cm³/mol. The van der Waals surface area contributed by atoms with Crippen molar-refractivity contribution in [3.05, 3.63) is 0 Å². The van der Waals surface area contributed by atoms with Gasteiger partial charge in [0.2, 0.25) is 0 Å². The zero-order valence-corrected chi connectivity index (χ0v) is 7.25. The van der Waals surface area contributed by atoms with E-state index in [2.05, 4.69) is 7.28 Å². The molecule has 0 aromatic carbocycles. The molecule has 0 saturated carbocycles. The summed E-state index contributed by atoms with van der Waals surface area (Å²) in [6.07, 6.45) is 7.44. The third-order valence-electron chi connectivity index (χ3n) is 3.23. The molecule has 3 atom stereocenters. The van der Waals surface area contributed by atoms with Crippen LogP contribution in [0.5, 0.6) is 0 Å². The molecule has 0 aromatic rings. The fraction of sp³-hybridized carbons (Fsp3) is 1.00. The van der Waals surface area contributed by atoms with Crippen molar-refractivity contribution in [2.75, 3.05) is 7.11 Å². The number of methoxy groups -OCH3 is 1. The van der Waals surface area contributed by atoms with E-state index in [9.17, 15) is 0 Å². The Hall–Kier alpha value is 0.0249. The molecule has 2 heterocycles. The van der Waals surface area contributed by atoms with Crippen molar-refractivity contribution in [3.63, 3.8) is 0 Å². The first-order chi connectivity index (χ1) is 5.40. The van der Waals surface area contributed by atoms with Gasteiger partial charge in [0.15, 0.2) is 0 Å². The molecule has 1 radical (unpaired) electrons. The van der Waals surface area contributed by atoms with Crippen molar-refractivity contribution in [1.82, 2.24) is 0 Å². The first kappa shape index (κ1) is 7.66. The van der Waals surface area contributed by atoms with E-state index in [0.29, 0.717) is 6.10 Å². The maximum atomic E-state index is 5.45. The van der Waals surface area contributed by atoms with Gasteiger partial charge in [0.1, 0.15) is 7.28 Å². The molecule has 0 aromatic heterocycles. The van der Waals surface area contributed by atoms with Gasteiger partial charge in [-0.1, -0.05) is 31.5 Å². The first-order valence-electron chi connectivity index (χ1n) is 4.78. The van der Waals surface area contributed by atoms with Crippen molar-refractivity contribution >= 4 is 7.28 Å². The average Bonchev–Trinajstić information content (AvgIpc) is 2.06. The van der Waals surface area contributed by atoms with E-state index in [4.69, 9.17) is 4.74 Å². The molecule has 0 amide bonds. The van der Waals surface area contributed by atoms with E-state index < -0.39 is 0 Å². The Kier molecular flexibility index (Phi) is 2.21. The normalized spacial score (nSPS) is 43.2. The lowest BCUT2D eigenvalue weighted by Gasteiger charge is -2.38. The lowest BCUT2D eigenvalue weighted by molar-refractivity contribution is 0.0718. The van der Waals surface area contributed by atoms with Gasteiger partial charge in [-0.15, -0.1) is 0 Å². The molecule has 61 valence electrons. The number of hydrogen-bond acceptors (Lipinski definition) is 1. The Morgan fingerprint density at radius 3 is 2.91 bits per heavy atom. The van der Waals surface area contributed by atoms with Crippen molar-refractivity contribution in [1.29, 1.82) is 0 Å². The minimum atomic E-state index is 0.548.